The third kappa shape index (κ3) is 6.99. The van der Waals surface area contributed by atoms with Crippen molar-refractivity contribution >= 4 is 10.0 Å². The number of fused-ring (bicyclic) bond motifs is 1. The van der Waals surface area contributed by atoms with Crippen molar-refractivity contribution in [1.82, 2.24) is 10.0 Å². The molecule has 0 bridgehead atoms. The van der Waals surface area contributed by atoms with Crippen molar-refractivity contribution in [1.29, 1.82) is 0 Å². The van der Waals surface area contributed by atoms with Gasteiger partial charge in [-0.2, -0.15) is 0 Å². The number of benzene rings is 3. The molecule has 39 heavy (non-hydrogen) atoms. The van der Waals surface area contributed by atoms with E-state index in [0.29, 0.717) is 30.0 Å². The van der Waals surface area contributed by atoms with E-state index in [1.54, 1.807) is 0 Å². The summed E-state index contributed by atoms with van der Waals surface area (Å²) in [4.78, 5) is 0.00754. The summed E-state index contributed by atoms with van der Waals surface area (Å²) < 4.78 is 38.7. The Labute approximate surface area is 230 Å². The molecular weight excluding hydrogens is 516 g/mol. The van der Waals surface area contributed by atoms with Crippen LogP contribution >= 0.6 is 0 Å². The Morgan fingerprint density at radius 2 is 1.72 bits per heavy atom. The number of hydrogen-bond acceptors (Lipinski definition) is 7. The molecule has 9 heteroatoms. The minimum Gasteiger partial charge on any atom is -0.493 e. The van der Waals surface area contributed by atoms with Gasteiger partial charge < -0.3 is 25.0 Å². The first-order valence-electron chi connectivity index (χ1n) is 12.9. The molecule has 0 spiro atoms. The van der Waals surface area contributed by atoms with Crippen LogP contribution < -0.4 is 19.5 Å². The van der Waals surface area contributed by atoms with Gasteiger partial charge in [-0.3, -0.25) is 0 Å². The summed E-state index contributed by atoms with van der Waals surface area (Å²) in [6.45, 7) is 4.09. The van der Waals surface area contributed by atoms with Gasteiger partial charge in [0, 0.05) is 30.6 Å². The van der Waals surface area contributed by atoms with E-state index in [4.69, 9.17) is 9.47 Å². The second-order valence-corrected chi connectivity index (χ2v) is 11.5. The summed E-state index contributed by atoms with van der Waals surface area (Å²) >= 11 is 0. The van der Waals surface area contributed by atoms with Gasteiger partial charge in [-0.05, 0) is 41.7 Å². The van der Waals surface area contributed by atoms with E-state index in [-0.39, 0.29) is 29.8 Å². The number of allylic oxidation sites excluding steroid dienone is 1. The van der Waals surface area contributed by atoms with Crippen LogP contribution in [0.15, 0.2) is 90.0 Å². The summed E-state index contributed by atoms with van der Waals surface area (Å²) in [5.74, 6) is 0.496. The predicted molar refractivity (Wildman–Crippen MR) is 150 cm³/mol. The largest absolute Gasteiger partial charge is 0.493 e. The monoisotopic (exact) mass is 552 g/mol. The second kappa shape index (κ2) is 12.7. The molecule has 0 unspecified atom stereocenters. The number of aliphatic hydroxyl groups is 2. The first-order valence-corrected chi connectivity index (χ1v) is 14.3. The summed E-state index contributed by atoms with van der Waals surface area (Å²) in [5, 5.41) is 25.1. The van der Waals surface area contributed by atoms with Crippen molar-refractivity contribution in [3.63, 3.8) is 0 Å². The summed E-state index contributed by atoms with van der Waals surface area (Å²) in [6, 6.07) is 21.8. The number of sulfonamides is 1. The van der Waals surface area contributed by atoms with E-state index in [2.05, 4.69) is 16.6 Å². The molecule has 0 aliphatic heterocycles. The van der Waals surface area contributed by atoms with Crippen LogP contribution in [0.2, 0.25) is 0 Å². The van der Waals surface area contributed by atoms with Gasteiger partial charge in [0.1, 0.15) is 0 Å². The maximum atomic E-state index is 12.9. The number of hydrogen-bond donors (Lipinski definition) is 4. The van der Waals surface area contributed by atoms with E-state index in [1.807, 2.05) is 54.6 Å². The zero-order chi connectivity index (χ0) is 28.0. The molecule has 1 aliphatic carbocycles. The van der Waals surface area contributed by atoms with Gasteiger partial charge in [-0.25, -0.2) is 13.1 Å². The zero-order valence-electron chi connectivity index (χ0n) is 22.2. The first kappa shape index (κ1) is 28.6. The summed E-state index contributed by atoms with van der Waals surface area (Å²) in [6.07, 6.45) is -0.149. The van der Waals surface area contributed by atoms with Gasteiger partial charge in [0.15, 0.2) is 11.5 Å². The Kier molecular flexibility index (Phi) is 9.29. The van der Waals surface area contributed by atoms with Gasteiger partial charge in [0.25, 0.3) is 0 Å². The number of rotatable bonds is 13. The average Bonchev–Trinajstić information content (AvgIpc) is 3.26. The minimum atomic E-state index is -3.90. The van der Waals surface area contributed by atoms with Crippen LogP contribution in [0.3, 0.4) is 0 Å². The lowest BCUT2D eigenvalue weighted by Gasteiger charge is -2.28. The molecule has 0 radical (unpaired) electrons. The van der Waals surface area contributed by atoms with Crippen LogP contribution in [0.25, 0.3) is 0 Å². The molecule has 0 amide bonds. The van der Waals surface area contributed by atoms with Crippen LogP contribution in [0.5, 0.6) is 11.5 Å². The fraction of sp³-hybridized carbons (Fsp3) is 0.333. The van der Waals surface area contributed by atoms with E-state index in [0.717, 1.165) is 16.7 Å². The molecule has 8 nitrogen and oxygen atoms in total. The van der Waals surface area contributed by atoms with Crippen molar-refractivity contribution in [2.45, 2.75) is 42.4 Å². The van der Waals surface area contributed by atoms with Gasteiger partial charge >= 0.3 is 0 Å². The lowest BCUT2D eigenvalue weighted by Crippen LogP contribution is -2.36. The van der Waals surface area contributed by atoms with Crippen molar-refractivity contribution < 1.29 is 28.1 Å². The molecule has 4 N–H and O–H groups in total. The molecule has 4 rings (SSSR count). The maximum absolute atomic E-state index is 12.9. The fourth-order valence-corrected chi connectivity index (χ4v) is 6.09. The maximum Gasteiger partial charge on any atom is 0.240 e. The molecule has 0 saturated carbocycles. The van der Waals surface area contributed by atoms with Crippen LogP contribution in [-0.2, 0) is 22.9 Å². The molecule has 0 aromatic heterocycles. The Bertz CT molecular complexity index is 1380. The smallest absolute Gasteiger partial charge is 0.240 e. The molecular formula is C30H36N2O6S. The van der Waals surface area contributed by atoms with Crippen LogP contribution in [0, 0.1) is 5.92 Å². The SMILES string of the molecule is C=C(N[C@H]1c2ccccc2C[C@H]1O)[C@H](Cc1ccccc1)C[C@H](O)CNS(=O)(=O)c1ccc(OC)c(OC)c1. The average molecular weight is 553 g/mol. The number of ether oxygens (including phenoxy) is 2. The third-order valence-electron chi connectivity index (χ3n) is 7.09. The Hall–Kier alpha value is -3.37. The zero-order valence-corrected chi connectivity index (χ0v) is 23.0. The molecule has 0 saturated heterocycles. The van der Waals surface area contributed by atoms with Gasteiger partial charge in [0.05, 0.1) is 37.4 Å². The van der Waals surface area contributed by atoms with Crippen molar-refractivity contribution in [2.24, 2.45) is 5.92 Å². The Morgan fingerprint density at radius 3 is 2.44 bits per heavy atom. The van der Waals surface area contributed by atoms with Crippen LogP contribution in [0.4, 0.5) is 0 Å². The van der Waals surface area contributed by atoms with Crippen LogP contribution in [-0.4, -0.2) is 51.6 Å². The van der Waals surface area contributed by atoms with Gasteiger partial charge in [-0.1, -0.05) is 61.2 Å². The van der Waals surface area contributed by atoms with Gasteiger partial charge in [-0.15, -0.1) is 0 Å². The molecule has 208 valence electrons. The number of aliphatic hydroxyl groups excluding tert-OH is 2. The predicted octanol–water partition coefficient (Wildman–Crippen LogP) is 3.35. The molecule has 4 atom stereocenters. The topological polar surface area (TPSA) is 117 Å². The highest BCUT2D eigenvalue weighted by molar-refractivity contribution is 7.89. The second-order valence-electron chi connectivity index (χ2n) is 9.76. The molecule has 3 aromatic rings. The van der Waals surface area contributed by atoms with Crippen molar-refractivity contribution in [2.75, 3.05) is 20.8 Å². The van der Waals surface area contributed by atoms with E-state index in [1.165, 1.54) is 32.4 Å². The molecule has 3 aromatic carbocycles. The number of methoxy groups -OCH3 is 2. The number of nitrogens with one attached hydrogen (secondary N) is 2. The Morgan fingerprint density at radius 1 is 1.03 bits per heavy atom. The summed E-state index contributed by atoms with van der Waals surface area (Å²) in [5.41, 5.74) is 3.88. The minimum absolute atomic E-state index is 0.00754. The highest BCUT2D eigenvalue weighted by Gasteiger charge is 2.32. The highest BCUT2D eigenvalue weighted by atomic mass is 32.2. The van der Waals surface area contributed by atoms with E-state index < -0.39 is 22.2 Å². The van der Waals surface area contributed by atoms with E-state index >= 15 is 0 Å². The highest BCUT2D eigenvalue weighted by Crippen LogP contribution is 2.34. The fourth-order valence-electron chi connectivity index (χ4n) is 5.00. The first-order chi connectivity index (χ1) is 18.7. The van der Waals surface area contributed by atoms with Crippen molar-refractivity contribution in [3.05, 3.63) is 102 Å². The standard InChI is InChI=1S/C30H36N2O6S/c1-20(32-30-26-12-8-7-11-22(26)17-27(30)34)23(15-21-9-5-4-6-10-21)16-24(33)19-31-39(35,36)25-13-14-28(37-2)29(18-25)38-3/h4-14,18,23-24,27,30-34H,1,15-17,19H2,2-3H3/t23-,24+,27-,30+/m1/s1. The molecule has 0 fully saturated rings. The van der Waals surface area contributed by atoms with Crippen molar-refractivity contribution in [3.8, 4) is 11.5 Å². The quantitative estimate of drug-likeness (QED) is 0.257. The normalized spacial score (nSPS) is 18.2. The van der Waals surface area contributed by atoms with Crippen LogP contribution in [0.1, 0.15) is 29.2 Å². The molecule has 1 aliphatic rings. The van der Waals surface area contributed by atoms with E-state index in [9.17, 15) is 18.6 Å². The Balaban J connectivity index is 1.45. The van der Waals surface area contributed by atoms with Gasteiger partial charge in [0.2, 0.25) is 10.0 Å². The lowest BCUT2D eigenvalue weighted by molar-refractivity contribution is 0.136. The third-order valence-corrected chi connectivity index (χ3v) is 8.51. The molecule has 0 heterocycles. The lowest BCUT2D eigenvalue weighted by atomic mass is 9.90. The summed E-state index contributed by atoms with van der Waals surface area (Å²) in [7, 11) is -0.997.